The van der Waals surface area contributed by atoms with Gasteiger partial charge >= 0.3 is 5.97 Å². The van der Waals surface area contributed by atoms with Crippen LogP contribution in [0.3, 0.4) is 0 Å². The zero-order chi connectivity index (χ0) is 22.1. The van der Waals surface area contributed by atoms with E-state index in [1.54, 1.807) is 13.0 Å². The highest BCUT2D eigenvalue weighted by Gasteiger charge is 2.30. The van der Waals surface area contributed by atoms with Crippen LogP contribution < -0.4 is 9.47 Å². The molecule has 0 N–H and O–H groups in total. The predicted octanol–water partition coefficient (Wildman–Crippen LogP) is 5.58. The van der Waals surface area contributed by atoms with E-state index >= 15 is 0 Å². The molecule has 9 heteroatoms. The molecule has 0 unspecified atom stereocenters. The lowest BCUT2D eigenvalue weighted by Gasteiger charge is -2.07. The van der Waals surface area contributed by atoms with Gasteiger partial charge in [-0.25, -0.2) is 4.39 Å². The Morgan fingerprint density at radius 2 is 2.06 bits per heavy atom. The van der Waals surface area contributed by atoms with E-state index in [1.807, 2.05) is 0 Å². The molecule has 0 amide bonds. The van der Waals surface area contributed by atoms with Crippen molar-refractivity contribution in [3.63, 3.8) is 0 Å². The van der Waals surface area contributed by atoms with E-state index in [-0.39, 0.29) is 45.8 Å². The molecular weight excluding hydrogens is 448 g/mol. The molecule has 0 fully saturated rings. The van der Waals surface area contributed by atoms with Gasteiger partial charge < -0.3 is 14.0 Å². The molecule has 0 atom stereocenters. The molecule has 2 heterocycles. The van der Waals surface area contributed by atoms with Crippen LogP contribution in [-0.2, 0) is 11.2 Å². The summed E-state index contributed by atoms with van der Waals surface area (Å²) in [6, 6.07) is 8.73. The van der Waals surface area contributed by atoms with Crippen molar-refractivity contribution in [2.75, 3.05) is 0 Å². The van der Waals surface area contributed by atoms with Crippen LogP contribution in [0.4, 0.5) is 4.39 Å². The van der Waals surface area contributed by atoms with Gasteiger partial charge in [0.2, 0.25) is 5.78 Å². The second-order valence-electron chi connectivity index (χ2n) is 6.78. The first-order valence-electron chi connectivity index (χ1n) is 9.16. The molecular formula is C22H14Cl2FNO5. The van der Waals surface area contributed by atoms with Crippen LogP contribution in [0.1, 0.15) is 33.7 Å². The van der Waals surface area contributed by atoms with E-state index in [0.29, 0.717) is 16.9 Å². The van der Waals surface area contributed by atoms with E-state index < -0.39 is 17.6 Å². The molecule has 2 aromatic carbocycles. The third-order valence-corrected chi connectivity index (χ3v) is 5.06. The smallest absolute Gasteiger partial charge is 0.311 e. The number of carbonyl (C=O) groups is 2. The Labute approximate surface area is 186 Å². The monoisotopic (exact) mass is 461 g/mol. The standard InChI is InChI=1S/C22H14Cl2FNO5/c1-11-7-13(29-20(27)6-5-12-9-19(24)26-31-12)8-17-21(11)22(28)18(30-17)10-14-15(23)3-2-4-16(14)25/h2-4,7-10H,5-6H2,1H3/b18-10-. The first-order valence-corrected chi connectivity index (χ1v) is 9.92. The highest BCUT2D eigenvalue weighted by molar-refractivity contribution is 6.32. The highest BCUT2D eigenvalue weighted by Crippen LogP contribution is 2.38. The summed E-state index contributed by atoms with van der Waals surface area (Å²) in [5.41, 5.74) is 0.919. The molecule has 158 valence electrons. The van der Waals surface area contributed by atoms with Crippen molar-refractivity contribution in [2.24, 2.45) is 0 Å². The number of halogens is 3. The number of aromatic nitrogens is 1. The Hall–Kier alpha value is -3.16. The summed E-state index contributed by atoms with van der Waals surface area (Å²) in [5, 5.41) is 3.90. The number of fused-ring (bicyclic) bond motifs is 1. The Kier molecular flexibility index (Phi) is 5.80. The van der Waals surface area contributed by atoms with Gasteiger partial charge in [-0.1, -0.05) is 34.4 Å². The van der Waals surface area contributed by atoms with Gasteiger partial charge in [-0.2, -0.15) is 0 Å². The average molecular weight is 462 g/mol. The number of carbonyl (C=O) groups excluding carboxylic acids is 2. The Balaban J connectivity index is 1.52. The molecule has 0 bridgehead atoms. The maximum atomic E-state index is 14.1. The molecule has 4 rings (SSSR count). The van der Waals surface area contributed by atoms with E-state index in [4.69, 9.17) is 37.2 Å². The summed E-state index contributed by atoms with van der Waals surface area (Å²) in [5.74, 6) is -0.675. The molecule has 1 aliphatic rings. The maximum absolute atomic E-state index is 14.1. The second kappa shape index (κ2) is 8.53. The number of esters is 1. The largest absolute Gasteiger partial charge is 0.452 e. The molecule has 0 radical (unpaired) electrons. The molecule has 0 spiro atoms. The maximum Gasteiger partial charge on any atom is 0.311 e. The average Bonchev–Trinajstić information content (AvgIpc) is 3.26. The summed E-state index contributed by atoms with van der Waals surface area (Å²) < 4.78 is 30.0. The van der Waals surface area contributed by atoms with Crippen LogP contribution in [0.15, 0.2) is 46.7 Å². The fourth-order valence-corrected chi connectivity index (χ4v) is 3.50. The summed E-state index contributed by atoms with van der Waals surface area (Å²) >= 11 is 11.7. The van der Waals surface area contributed by atoms with Crippen LogP contribution in [0.2, 0.25) is 10.2 Å². The quantitative estimate of drug-likeness (QED) is 0.280. The number of rotatable bonds is 5. The predicted molar refractivity (Wildman–Crippen MR) is 111 cm³/mol. The van der Waals surface area contributed by atoms with Gasteiger partial charge in [0.1, 0.15) is 23.1 Å². The molecule has 0 saturated heterocycles. The fraction of sp³-hybridized carbons (Fsp3) is 0.136. The van der Waals surface area contributed by atoms with Gasteiger partial charge in [-0.15, -0.1) is 0 Å². The lowest BCUT2D eigenvalue weighted by atomic mass is 10.0. The SMILES string of the molecule is Cc1cc(OC(=O)CCc2cc(Cl)no2)cc2c1C(=O)/C(=C/c1c(F)cccc1Cl)O2. The van der Waals surface area contributed by atoms with Gasteiger partial charge in [0, 0.05) is 24.1 Å². The van der Waals surface area contributed by atoms with E-state index in [0.717, 1.165) is 0 Å². The zero-order valence-corrected chi connectivity index (χ0v) is 17.6. The van der Waals surface area contributed by atoms with Gasteiger partial charge in [0.05, 0.1) is 17.0 Å². The van der Waals surface area contributed by atoms with Crippen molar-refractivity contribution in [2.45, 2.75) is 19.8 Å². The minimum atomic E-state index is -0.577. The number of Topliss-reactive ketones (excluding diaryl/α,β-unsaturated/α-hetero) is 1. The number of nitrogens with zero attached hydrogens (tertiary/aromatic N) is 1. The van der Waals surface area contributed by atoms with Crippen molar-refractivity contribution >= 4 is 41.0 Å². The van der Waals surface area contributed by atoms with Crippen LogP contribution in [-0.4, -0.2) is 16.9 Å². The first-order chi connectivity index (χ1) is 14.8. The molecule has 1 aliphatic heterocycles. The topological polar surface area (TPSA) is 78.6 Å². The number of hydrogen-bond acceptors (Lipinski definition) is 6. The Bertz CT molecular complexity index is 1210. The second-order valence-corrected chi connectivity index (χ2v) is 7.57. The van der Waals surface area contributed by atoms with Crippen molar-refractivity contribution < 1.29 is 28.0 Å². The summed E-state index contributed by atoms with van der Waals surface area (Å²) in [6.07, 6.45) is 1.57. The number of benzene rings is 2. The molecule has 0 aliphatic carbocycles. The van der Waals surface area contributed by atoms with Crippen molar-refractivity contribution in [1.82, 2.24) is 5.16 Å². The third-order valence-electron chi connectivity index (χ3n) is 4.56. The Morgan fingerprint density at radius 3 is 2.77 bits per heavy atom. The van der Waals surface area contributed by atoms with Gasteiger partial charge in [-0.05, 0) is 36.8 Å². The molecule has 31 heavy (non-hydrogen) atoms. The van der Waals surface area contributed by atoms with Crippen molar-refractivity contribution in [1.29, 1.82) is 0 Å². The number of ketones is 1. The lowest BCUT2D eigenvalue weighted by molar-refractivity contribution is -0.134. The number of hydrogen-bond donors (Lipinski definition) is 0. The minimum Gasteiger partial charge on any atom is -0.452 e. The van der Waals surface area contributed by atoms with Crippen molar-refractivity contribution in [3.05, 3.63) is 80.6 Å². The summed E-state index contributed by atoms with van der Waals surface area (Å²) in [7, 11) is 0. The van der Waals surface area contributed by atoms with E-state index in [1.165, 1.54) is 36.4 Å². The first kappa shape index (κ1) is 21.1. The highest BCUT2D eigenvalue weighted by atomic mass is 35.5. The minimum absolute atomic E-state index is 0.0401. The van der Waals surface area contributed by atoms with E-state index in [9.17, 15) is 14.0 Å². The van der Waals surface area contributed by atoms with Crippen molar-refractivity contribution in [3.8, 4) is 11.5 Å². The normalized spacial score (nSPS) is 13.9. The van der Waals surface area contributed by atoms with Gasteiger partial charge in [-0.3, -0.25) is 9.59 Å². The van der Waals surface area contributed by atoms with E-state index in [2.05, 4.69) is 5.16 Å². The van der Waals surface area contributed by atoms with Crippen LogP contribution in [0.5, 0.6) is 11.5 Å². The summed E-state index contributed by atoms with van der Waals surface area (Å²) in [4.78, 5) is 24.9. The molecule has 3 aromatic rings. The summed E-state index contributed by atoms with van der Waals surface area (Å²) in [6.45, 7) is 1.69. The molecule has 6 nitrogen and oxygen atoms in total. The lowest BCUT2D eigenvalue weighted by Crippen LogP contribution is -2.09. The zero-order valence-electron chi connectivity index (χ0n) is 16.1. The van der Waals surface area contributed by atoms with Gasteiger partial charge in [0.25, 0.3) is 0 Å². The van der Waals surface area contributed by atoms with Crippen LogP contribution in [0.25, 0.3) is 6.08 Å². The molecule has 1 aromatic heterocycles. The number of ether oxygens (including phenoxy) is 2. The van der Waals surface area contributed by atoms with Gasteiger partial charge in [0.15, 0.2) is 10.9 Å². The van der Waals surface area contributed by atoms with Crippen LogP contribution in [0, 0.1) is 12.7 Å². The molecule has 0 saturated carbocycles. The Morgan fingerprint density at radius 1 is 1.26 bits per heavy atom. The fourth-order valence-electron chi connectivity index (χ4n) is 3.13. The number of allylic oxidation sites excluding steroid dienone is 1. The third kappa shape index (κ3) is 4.47. The van der Waals surface area contributed by atoms with Crippen LogP contribution >= 0.6 is 23.2 Å². The number of aryl methyl sites for hydroxylation is 2.